The van der Waals surface area contributed by atoms with E-state index < -0.39 is 6.61 Å². The van der Waals surface area contributed by atoms with Crippen LogP contribution in [0, 0.1) is 0 Å². The Balaban J connectivity index is 3.00. The standard InChI is InChI=1S/C8H8F2O3/c1-12-6-4-2-3-5(11)7(6)13-8(9)10/h2-4,8,11H,1H3. The molecule has 0 saturated carbocycles. The number of hydrogen-bond acceptors (Lipinski definition) is 3. The second-order valence-corrected chi connectivity index (χ2v) is 2.19. The molecule has 0 aliphatic rings. The van der Waals surface area contributed by atoms with E-state index in [1.807, 2.05) is 0 Å². The van der Waals surface area contributed by atoms with Crippen LogP contribution in [0.5, 0.6) is 17.2 Å². The summed E-state index contributed by atoms with van der Waals surface area (Å²) >= 11 is 0. The molecule has 1 aromatic rings. The van der Waals surface area contributed by atoms with Crippen LogP contribution in [-0.2, 0) is 0 Å². The molecule has 72 valence electrons. The van der Waals surface area contributed by atoms with Gasteiger partial charge in [-0.15, -0.1) is 0 Å². The van der Waals surface area contributed by atoms with E-state index in [-0.39, 0.29) is 17.2 Å². The average Bonchev–Trinajstić information content (AvgIpc) is 2.08. The minimum Gasteiger partial charge on any atom is -0.504 e. The fraction of sp³-hybridized carbons (Fsp3) is 0.250. The summed E-state index contributed by atoms with van der Waals surface area (Å²) in [5.41, 5.74) is 0. The molecule has 0 aliphatic heterocycles. The molecule has 5 heteroatoms. The van der Waals surface area contributed by atoms with Crippen molar-refractivity contribution in [3.05, 3.63) is 18.2 Å². The number of methoxy groups -OCH3 is 1. The lowest BCUT2D eigenvalue weighted by Crippen LogP contribution is -2.03. The molecule has 0 fully saturated rings. The van der Waals surface area contributed by atoms with Crippen LogP contribution < -0.4 is 9.47 Å². The molecule has 0 radical (unpaired) electrons. The maximum Gasteiger partial charge on any atom is 0.387 e. The summed E-state index contributed by atoms with van der Waals surface area (Å²) in [5.74, 6) is -0.653. The number of para-hydroxylation sites is 1. The van der Waals surface area contributed by atoms with Gasteiger partial charge in [0.05, 0.1) is 7.11 Å². The topological polar surface area (TPSA) is 38.7 Å². The van der Waals surface area contributed by atoms with Gasteiger partial charge in [-0.25, -0.2) is 0 Å². The average molecular weight is 190 g/mol. The fourth-order valence-corrected chi connectivity index (χ4v) is 0.873. The van der Waals surface area contributed by atoms with Crippen LogP contribution in [0.1, 0.15) is 0 Å². The zero-order chi connectivity index (χ0) is 9.84. The van der Waals surface area contributed by atoms with Crippen LogP contribution in [0.15, 0.2) is 18.2 Å². The molecule has 13 heavy (non-hydrogen) atoms. The molecule has 0 bridgehead atoms. The van der Waals surface area contributed by atoms with Gasteiger partial charge in [-0.2, -0.15) is 8.78 Å². The predicted molar refractivity (Wildman–Crippen MR) is 41.3 cm³/mol. The quantitative estimate of drug-likeness (QED) is 0.792. The van der Waals surface area contributed by atoms with Gasteiger partial charge in [0, 0.05) is 0 Å². The third-order valence-electron chi connectivity index (χ3n) is 1.38. The predicted octanol–water partition coefficient (Wildman–Crippen LogP) is 2.00. The first-order valence-corrected chi connectivity index (χ1v) is 3.46. The SMILES string of the molecule is COc1cccc(O)c1OC(F)F. The van der Waals surface area contributed by atoms with Crippen LogP contribution in [-0.4, -0.2) is 18.8 Å². The number of rotatable bonds is 3. The zero-order valence-electron chi connectivity index (χ0n) is 6.83. The van der Waals surface area contributed by atoms with Crippen molar-refractivity contribution in [2.75, 3.05) is 7.11 Å². The third-order valence-corrected chi connectivity index (χ3v) is 1.38. The molecule has 0 saturated heterocycles. The Morgan fingerprint density at radius 3 is 2.62 bits per heavy atom. The van der Waals surface area contributed by atoms with E-state index in [1.54, 1.807) is 0 Å². The van der Waals surface area contributed by atoms with Crippen molar-refractivity contribution in [1.82, 2.24) is 0 Å². The minimum absolute atomic E-state index is 0.0697. The molecule has 0 aliphatic carbocycles. The van der Waals surface area contributed by atoms with E-state index in [0.717, 1.165) is 0 Å². The second-order valence-electron chi connectivity index (χ2n) is 2.19. The van der Waals surface area contributed by atoms with E-state index in [9.17, 15) is 8.78 Å². The van der Waals surface area contributed by atoms with Gasteiger partial charge < -0.3 is 14.6 Å². The summed E-state index contributed by atoms with van der Waals surface area (Å²) in [6.07, 6.45) is 0. The van der Waals surface area contributed by atoms with E-state index in [2.05, 4.69) is 4.74 Å². The molecule has 0 amide bonds. The molecule has 0 unspecified atom stereocenters. The van der Waals surface area contributed by atoms with Crippen molar-refractivity contribution in [2.24, 2.45) is 0 Å². The molecule has 0 spiro atoms. The molecular weight excluding hydrogens is 182 g/mol. The smallest absolute Gasteiger partial charge is 0.387 e. The number of halogens is 2. The number of aromatic hydroxyl groups is 1. The van der Waals surface area contributed by atoms with E-state index >= 15 is 0 Å². The maximum atomic E-state index is 11.8. The zero-order valence-corrected chi connectivity index (χ0v) is 6.83. The second kappa shape index (κ2) is 3.93. The Morgan fingerprint density at radius 1 is 1.38 bits per heavy atom. The number of ether oxygens (including phenoxy) is 2. The first-order chi connectivity index (χ1) is 6.15. The number of benzene rings is 1. The summed E-state index contributed by atoms with van der Waals surface area (Å²) in [4.78, 5) is 0. The third kappa shape index (κ3) is 2.21. The van der Waals surface area contributed by atoms with Gasteiger partial charge in [0.1, 0.15) is 0 Å². The monoisotopic (exact) mass is 190 g/mol. The number of phenolic OH excluding ortho intramolecular Hbond substituents is 1. The van der Waals surface area contributed by atoms with Gasteiger partial charge in [-0.05, 0) is 12.1 Å². The highest BCUT2D eigenvalue weighted by Crippen LogP contribution is 2.36. The summed E-state index contributed by atoms with van der Waals surface area (Å²) in [6.45, 7) is -2.98. The Labute approximate surface area is 73.5 Å². The van der Waals surface area contributed by atoms with Crippen LogP contribution in [0.4, 0.5) is 8.78 Å². The van der Waals surface area contributed by atoms with Gasteiger partial charge in [-0.3, -0.25) is 0 Å². The molecule has 0 heterocycles. The Hall–Kier alpha value is -1.52. The summed E-state index contributed by atoms with van der Waals surface area (Å²) in [5, 5.41) is 9.13. The maximum absolute atomic E-state index is 11.8. The minimum atomic E-state index is -2.98. The number of alkyl halides is 2. The highest BCUT2D eigenvalue weighted by atomic mass is 19.3. The van der Waals surface area contributed by atoms with Crippen LogP contribution in [0.2, 0.25) is 0 Å². The van der Waals surface area contributed by atoms with Gasteiger partial charge in [0.2, 0.25) is 5.75 Å². The van der Waals surface area contributed by atoms with Crippen molar-refractivity contribution < 1.29 is 23.4 Å². The van der Waals surface area contributed by atoms with Crippen molar-refractivity contribution in [3.63, 3.8) is 0 Å². The Morgan fingerprint density at radius 2 is 2.08 bits per heavy atom. The van der Waals surface area contributed by atoms with Gasteiger partial charge in [0.25, 0.3) is 0 Å². The summed E-state index contributed by atoms with van der Waals surface area (Å²) in [7, 11) is 1.30. The molecule has 1 N–H and O–H groups in total. The molecule has 3 nitrogen and oxygen atoms in total. The molecule has 1 aromatic carbocycles. The summed E-state index contributed by atoms with van der Waals surface area (Å²) < 4.78 is 32.4. The highest BCUT2D eigenvalue weighted by molar-refractivity contribution is 5.50. The largest absolute Gasteiger partial charge is 0.504 e. The lowest BCUT2D eigenvalue weighted by molar-refractivity contribution is -0.0526. The van der Waals surface area contributed by atoms with Crippen molar-refractivity contribution >= 4 is 0 Å². The van der Waals surface area contributed by atoms with Gasteiger partial charge in [0.15, 0.2) is 11.5 Å². The molecule has 0 atom stereocenters. The van der Waals surface area contributed by atoms with E-state index in [4.69, 9.17) is 9.84 Å². The first-order valence-electron chi connectivity index (χ1n) is 3.46. The van der Waals surface area contributed by atoms with Gasteiger partial charge in [-0.1, -0.05) is 6.07 Å². The van der Waals surface area contributed by atoms with Crippen molar-refractivity contribution in [2.45, 2.75) is 6.61 Å². The molecule has 0 aromatic heterocycles. The number of phenols is 1. The Kier molecular flexibility index (Phi) is 2.89. The summed E-state index contributed by atoms with van der Waals surface area (Å²) in [6, 6.07) is 4.12. The first kappa shape index (κ1) is 9.57. The van der Waals surface area contributed by atoms with Crippen LogP contribution >= 0.6 is 0 Å². The normalized spacial score (nSPS) is 10.2. The van der Waals surface area contributed by atoms with Crippen LogP contribution in [0.25, 0.3) is 0 Å². The highest BCUT2D eigenvalue weighted by Gasteiger charge is 2.14. The molecular formula is C8H8F2O3. The van der Waals surface area contributed by atoms with Crippen molar-refractivity contribution in [3.8, 4) is 17.2 Å². The Bertz CT molecular complexity index is 289. The lowest BCUT2D eigenvalue weighted by Gasteiger charge is -2.10. The fourth-order valence-electron chi connectivity index (χ4n) is 0.873. The molecule has 1 rings (SSSR count). The van der Waals surface area contributed by atoms with Gasteiger partial charge >= 0.3 is 6.61 Å². The van der Waals surface area contributed by atoms with Crippen LogP contribution in [0.3, 0.4) is 0 Å². The van der Waals surface area contributed by atoms with E-state index in [0.29, 0.717) is 0 Å². The van der Waals surface area contributed by atoms with Crippen molar-refractivity contribution in [1.29, 1.82) is 0 Å². The number of hydrogen-bond donors (Lipinski definition) is 1. The van der Waals surface area contributed by atoms with E-state index in [1.165, 1.54) is 25.3 Å². The lowest BCUT2D eigenvalue weighted by atomic mass is 10.3.